The predicted octanol–water partition coefficient (Wildman–Crippen LogP) is 6.61. The molecule has 0 aliphatic rings. The van der Waals surface area contributed by atoms with E-state index in [0.29, 0.717) is 27.6 Å². The molecule has 8 heteroatoms. The maximum atomic E-state index is 12.7. The van der Waals surface area contributed by atoms with Crippen molar-refractivity contribution >= 4 is 46.9 Å². The van der Waals surface area contributed by atoms with Crippen molar-refractivity contribution in [2.45, 2.75) is 17.0 Å². The topological polar surface area (TPSA) is 56.1 Å². The fourth-order valence-corrected chi connectivity index (χ4v) is 5.32. The summed E-state index contributed by atoms with van der Waals surface area (Å²) in [6, 6.07) is 24.9. The lowest BCUT2D eigenvalue weighted by molar-refractivity contribution is 0.102. The van der Waals surface area contributed by atoms with Gasteiger partial charge in [-0.15, -0.1) is 5.10 Å². The molecule has 1 aromatic heterocycles. The van der Waals surface area contributed by atoms with Crippen LogP contribution in [0.3, 0.4) is 0 Å². The van der Waals surface area contributed by atoms with Gasteiger partial charge in [0.1, 0.15) is 5.75 Å². The Labute approximate surface area is 200 Å². The summed E-state index contributed by atoms with van der Waals surface area (Å²) < 4.78 is 8.89. The number of ether oxygens (including phenoxy) is 1. The highest BCUT2D eigenvalue weighted by molar-refractivity contribution is 8.00. The van der Waals surface area contributed by atoms with Crippen molar-refractivity contribution in [3.05, 3.63) is 93.9 Å². The minimum atomic E-state index is -0.204. The van der Waals surface area contributed by atoms with Gasteiger partial charge in [0.25, 0.3) is 5.91 Å². The highest BCUT2D eigenvalue weighted by Crippen LogP contribution is 2.28. The molecule has 0 saturated carbocycles. The molecule has 0 aliphatic carbocycles. The number of hydrogen-bond acceptors (Lipinski definition) is 6. The number of anilines is 1. The fraction of sp³-hybridized carbons (Fsp3) is 0.125. The second-order valence-electron chi connectivity index (χ2n) is 6.75. The Kier molecular flexibility index (Phi) is 7.36. The van der Waals surface area contributed by atoms with Crippen molar-refractivity contribution in [3.63, 3.8) is 0 Å². The van der Waals surface area contributed by atoms with Gasteiger partial charge >= 0.3 is 0 Å². The molecule has 1 N–H and O–H groups in total. The number of thioether (sulfide) groups is 1. The van der Waals surface area contributed by atoms with Crippen LogP contribution in [0.4, 0.5) is 5.69 Å². The molecule has 0 saturated heterocycles. The average Bonchev–Trinajstić information content (AvgIpc) is 3.20. The van der Waals surface area contributed by atoms with Gasteiger partial charge in [-0.1, -0.05) is 65.6 Å². The first-order valence-corrected chi connectivity index (χ1v) is 12.3. The third-order valence-corrected chi connectivity index (χ3v) is 6.98. The smallest absolute Gasteiger partial charge is 0.255 e. The van der Waals surface area contributed by atoms with Gasteiger partial charge in [0.15, 0.2) is 8.29 Å². The van der Waals surface area contributed by atoms with Crippen LogP contribution >= 0.6 is 35.3 Å². The van der Waals surface area contributed by atoms with Crippen LogP contribution in [0, 0.1) is 3.95 Å². The van der Waals surface area contributed by atoms with Gasteiger partial charge in [-0.05, 0) is 61.1 Å². The number of rotatable bonds is 8. The summed E-state index contributed by atoms with van der Waals surface area (Å²) in [7, 11) is 0. The van der Waals surface area contributed by atoms with Gasteiger partial charge in [-0.3, -0.25) is 4.79 Å². The van der Waals surface area contributed by atoms with E-state index in [9.17, 15) is 4.79 Å². The van der Waals surface area contributed by atoms with Gasteiger partial charge < -0.3 is 10.1 Å². The lowest BCUT2D eigenvalue weighted by Gasteiger charge is -2.11. The van der Waals surface area contributed by atoms with Crippen molar-refractivity contribution in [3.8, 4) is 11.4 Å². The third-order valence-electron chi connectivity index (χ3n) is 4.54. The summed E-state index contributed by atoms with van der Waals surface area (Å²) in [4.78, 5) is 12.7. The SMILES string of the molecule is CCOc1ccccc1NC(=O)c1ccc(-n2nc(SCc3ccccc3)sc2=S)cc1. The van der Waals surface area contributed by atoms with E-state index in [1.165, 1.54) is 16.9 Å². The molecule has 0 atom stereocenters. The van der Waals surface area contributed by atoms with Crippen LogP contribution < -0.4 is 10.1 Å². The Hall–Kier alpha value is -2.94. The van der Waals surface area contributed by atoms with Crippen LogP contribution in [0.5, 0.6) is 5.75 Å². The maximum Gasteiger partial charge on any atom is 0.255 e. The summed E-state index contributed by atoms with van der Waals surface area (Å²) in [5.41, 5.74) is 3.25. The van der Waals surface area contributed by atoms with Crippen molar-refractivity contribution in [1.29, 1.82) is 0 Å². The monoisotopic (exact) mass is 479 g/mol. The standard InChI is InChI=1S/C24H21N3O2S3/c1-2-29-21-11-7-6-10-20(21)25-22(28)18-12-14-19(15-13-18)27-24(30)32-23(26-27)31-16-17-8-4-3-5-9-17/h3-15H,2,16H2,1H3,(H,25,28). The van der Waals surface area contributed by atoms with Gasteiger partial charge in [-0.2, -0.15) is 0 Å². The Balaban J connectivity index is 1.45. The van der Waals surface area contributed by atoms with E-state index < -0.39 is 0 Å². The fourth-order valence-electron chi connectivity index (χ4n) is 3.00. The summed E-state index contributed by atoms with van der Waals surface area (Å²) in [6.45, 7) is 2.44. The molecule has 162 valence electrons. The van der Waals surface area contributed by atoms with E-state index in [2.05, 4.69) is 22.5 Å². The van der Waals surface area contributed by atoms with E-state index in [0.717, 1.165) is 15.8 Å². The molecule has 4 aromatic rings. The molecule has 1 amide bonds. The second-order valence-corrected chi connectivity index (χ2v) is 9.60. The Morgan fingerprint density at radius 2 is 1.78 bits per heavy atom. The number of nitrogens with zero attached hydrogens (tertiary/aromatic N) is 2. The summed E-state index contributed by atoms with van der Waals surface area (Å²) in [5, 5.41) is 7.56. The van der Waals surface area contributed by atoms with E-state index in [1.807, 2.05) is 61.5 Å². The van der Waals surface area contributed by atoms with Crippen LogP contribution in [0.1, 0.15) is 22.8 Å². The summed E-state index contributed by atoms with van der Waals surface area (Å²) in [5.74, 6) is 1.28. The molecule has 5 nitrogen and oxygen atoms in total. The summed E-state index contributed by atoms with van der Waals surface area (Å²) in [6.07, 6.45) is 0. The minimum absolute atomic E-state index is 0.204. The van der Waals surface area contributed by atoms with Crippen molar-refractivity contribution in [2.24, 2.45) is 0 Å². The molecule has 0 spiro atoms. The summed E-state index contributed by atoms with van der Waals surface area (Å²) >= 11 is 8.65. The molecular weight excluding hydrogens is 458 g/mol. The average molecular weight is 480 g/mol. The highest BCUT2D eigenvalue weighted by atomic mass is 32.2. The van der Waals surface area contributed by atoms with E-state index >= 15 is 0 Å². The molecule has 0 fully saturated rings. The van der Waals surface area contributed by atoms with Gasteiger partial charge in [0, 0.05) is 11.3 Å². The lowest BCUT2D eigenvalue weighted by Crippen LogP contribution is -2.13. The molecule has 0 aliphatic heterocycles. The zero-order chi connectivity index (χ0) is 22.3. The minimum Gasteiger partial charge on any atom is -0.492 e. The van der Waals surface area contributed by atoms with Gasteiger partial charge in [-0.25, -0.2) is 4.68 Å². The van der Waals surface area contributed by atoms with Gasteiger partial charge in [0.05, 0.1) is 18.0 Å². The third kappa shape index (κ3) is 5.45. The van der Waals surface area contributed by atoms with Crippen molar-refractivity contribution in [2.75, 3.05) is 11.9 Å². The van der Waals surface area contributed by atoms with Crippen LogP contribution in [-0.4, -0.2) is 22.3 Å². The van der Waals surface area contributed by atoms with Crippen molar-refractivity contribution in [1.82, 2.24) is 9.78 Å². The molecule has 0 unspecified atom stereocenters. The predicted molar refractivity (Wildman–Crippen MR) is 134 cm³/mol. The number of nitrogens with one attached hydrogen (secondary N) is 1. The van der Waals surface area contributed by atoms with E-state index in [4.69, 9.17) is 17.0 Å². The quantitative estimate of drug-likeness (QED) is 0.228. The molecule has 1 heterocycles. The highest BCUT2D eigenvalue weighted by Gasteiger charge is 2.11. The number of aromatic nitrogens is 2. The first-order chi connectivity index (χ1) is 15.6. The molecule has 4 rings (SSSR count). The van der Waals surface area contributed by atoms with E-state index in [-0.39, 0.29) is 5.91 Å². The zero-order valence-electron chi connectivity index (χ0n) is 17.4. The van der Waals surface area contributed by atoms with Crippen molar-refractivity contribution < 1.29 is 9.53 Å². The number of hydrogen-bond donors (Lipinski definition) is 1. The van der Waals surface area contributed by atoms with Crippen LogP contribution in [0.25, 0.3) is 5.69 Å². The number of para-hydroxylation sites is 2. The number of amides is 1. The largest absolute Gasteiger partial charge is 0.492 e. The Morgan fingerprint density at radius 3 is 2.53 bits per heavy atom. The van der Waals surface area contributed by atoms with Gasteiger partial charge in [0.2, 0.25) is 0 Å². The van der Waals surface area contributed by atoms with Crippen LogP contribution in [0.15, 0.2) is 83.2 Å². The molecule has 0 radical (unpaired) electrons. The zero-order valence-corrected chi connectivity index (χ0v) is 19.8. The van der Waals surface area contributed by atoms with Crippen LogP contribution in [0.2, 0.25) is 0 Å². The second kappa shape index (κ2) is 10.6. The molecule has 3 aromatic carbocycles. The first-order valence-electron chi connectivity index (χ1n) is 10.0. The molecular formula is C24H21N3O2S3. The lowest BCUT2D eigenvalue weighted by atomic mass is 10.2. The number of carbonyl (C=O) groups is 1. The Morgan fingerprint density at radius 1 is 1.06 bits per heavy atom. The number of benzene rings is 3. The molecule has 32 heavy (non-hydrogen) atoms. The first kappa shape index (κ1) is 22.3. The normalized spacial score (nSPS) is 10.7. The molecule has 0 bridgehead atoms. The maximum absolute atomic E-state index is 12.7. The van der Waals surface area contributed by atoms with E-state index in [1.54, 1.807) is 28.6 Å². The van der Waals surface area contributed by atoms with Crippen LogP contribution in [-0.2, 0) is 5.75 Å². The Bertz CT molecular complexity index is 1250. The number of carbonyl (C=O) groups excluding carboxylic acids is 1.